The quantitative estimate of drug-likeness (QED) is 0.487. The molecule has 0 spiro atoms. The summed E-state index contributed by atoms with van der Waals surface area (Å²) in [5.41, 5.74) is 17.0. The highest BCUT2D eigenvalue weighted by Gasteiger charge is 2.36. The molecule has 1 unspecified atom stereocenters. The zero-order valence-electron chi connectivity index (χ0n) is 18.4. The van der Waals surface area contributed by atoms with Crippen molar-refractivity contribution in [1.82, 2.24) is 0 Å². The Morgan fingerprint density at radius 3 is 2.35 bits per heavy atom. The second-order valence-electron chi connectivity index (χ2n) is 9.06. The molecule has 0 bridgehead atoms. The molecule has 1 aliphatic heterocycles. The number of nitrogens with two attached hydrogens (primary N) is 1. The molecule has 1 heterocycles. The molecular formula is C29H28N2. The number of fused-ring (bicyclic) bond motifs is 4. The van der Waals surface area contributed by atoms with Gasteiger partial charge in [0.1, 0.15) is 0 Å². The summed E-state index contributed by atoms with van der Waals surface area (Å²) < 4.78 is 0. The molecule has 0 radical (unpaired) electrons. The SMILES string of the molecule is C=C1/C=C\C=C/N(c2ccc(C(C)N)cc2)c2cc3c(cc21)-c1ccccc1C3(C)C. The summed E-state index contributed by atoms with van der Waals surface area (Å²) >= 11 is 0. The van der Waals surface area contributed by atoms with Crippen LogP contribution in [0.3, 0.4) is 0 Å². The van der Waals surface area contributed by atoms with Gasteiger partial charge in [-0.3, -0.25) is 0 Å². The van der Waals surface area contributed by atoms with Gasteiger partial charge in [-0.15, -0.1) is 0 Å². The van der Waals surface area contributed by atoms with E-state index in [1.807, 2.05) is 6.92 Å². The van der Waals surface area contributed by atoms with Gasteiger partial charge >= 0.3 is 0 Å². The maximum absolute atomic E-state index is 6.07. The van der Waals surface area contributed by atoms with Crippen molar-refractivity contribution in [2.75, 3.05) is 4.90 Å². The van der Waals surface area contributed by atoms with E-state index in [2.05, 4.69) is 110 Å². The van der Waals surface area contributed by atoms with Crippen LogP contribution in [0.4, 0.5) is 11.4 Å². The summed E-state index contributed by atoms with van der Waals surface area (Å²) in [4.78, 5) is 2.26. The fourth-order valence-electron chi connectivity index (χ4n) is 4.83. The molecule has 154 valence electrons. The van der Waals surface area contributed by atoms with Crippen molar-refractivity contribution in [2.24, 2.45) is 5.73 Å². The first-order valence-electron chi connectivity index (χ1n) is 10.9. The van der Waals surface area contributed by atoms with Crippen LogP contribution in [-0.4, -0.2) is 0 Å². The van der Waals surface area contributed by atoms with Crippen LogP contribution in [0.1, 0.15) is 49.1 Å². The van der Waals surface area contributed by atoms with Crippen LogP contribution in [-0.2, 0) is 5.41 Å². The van der Waals surface area contributed by atoms with E-state index >= 15 is 0 Å². The van der Waals surface area contributed by atoms with Crippen molar-refractivity contribution in [2.45, 2.75) is 32.2 Å². The number of nitrogens with zero attached hydrogens (tertiary/aromatic N) is 1. The third-order valence-electron chi connectivity index (χ3n) is 6.65. The van der Waals surface area contributed by atoms with Crippen LogP contribution >= 0.6 is 0 Å². The average Bonchev–Trinajstić information content (AvgIpc) is 2.99. The van der Waals surface area contributed by atoms with Crippen molar-refractivity contribution in [3.63, 3.8) is 0 Å². The summed E-state index contributed by atoms with van der Waals surface area (Å²) in [6, 6.07) is 22.0. The van der Waals surface area contributed by atoms with E-state index in [-0.39, 0.29) is 11.5 Å². The largest absolute Gasteiger partial charge is 0.324 e. The van der Waals surface area contributed by atoms with E-state index in [0.717, 1.165) is 28.1 Å². The lowest BCUT2D eigenvalue weighted by atomic mass is 9.81. The topological polar surface area (TPSA) is 29.3 Å². The van der Waals surface area contributed by atoms with Gasteiger partial charge in [-0.2, -0.15) is 0 Å². The molecule has 0 saturated heterocycles. The van der Waals surface area contributed by atoms with Crippen LogP contribution in [0.25, 0.3) is 16.7 Å². The number of rotatable bonds is 2. The Morgan fingerprint density at radius 2 is 1.61 bits per heavy atom. The second-order valence-corrected chi connectivity index (χ2v) is 9.06. The van der Waals surface area contributed by atoms with Gasteiger partial charge in [-0.1, -0.05) is 69.0 Å². The Labute approximate surface area is 185 Å². The monoisotopic (exact) mass is 404 g/mol. The molecule has 0 fully saturated rings. The number of anilines is 2. The summed E-state index contributed by atoms with van der Waals surface area (Å²) in [6.07, 6.45) is 8.34. The average molecular weight is 405 g/mol. The van der Waals surface area contributed by atoms with Gasteiger partial charge in [-0.25, -0.2) is 0 Å². The van der Waals surface area contributed by atoms with E-state index in [1.54, 1.807) is 0 Å². The normalized spacial score (nSPS) is 19.0. The Hall–Kier alpha value is -3.36. The molecule has 3 aromatic carbocycles. The summed E-state index contributed by atoms with van der Waals surface area (Å²) in [7, 11) is 0. The first-order valence-corrected chi connectivity index (χ1v) is 10.9. The molecule has 3 aromatic rings. The predicted octanol–water partition coefficient (Wildman–Crippen LogP) is 7.25. The van der Waals surface area contributed by atoms with Gasteiger partial charge in [0.05, 0.1) is 5.69 Å². The molecule has 2 N–H and O–H groups in total. The lowest BCUT2D eigenvalue weighted by molar-refractivity contribution is 0.660. The van der Waals surface area contributed by atoms with Gasteiger partial charge in [0.15, 0.2) is 0 Å². The molecule has 31 heavy (non-hydrogen) atoms. The predicted molar refractivity (Wildman–Crippen MR) is 133 cm³/mol. The zero-order chi connectivity index (χ0) is 21.8. The highest BCUT2D eigenvalue weighted by Crippen LogP contribution is 2.51. The number of benzene rings is 3. The number of allylic oxidation sites excluding steroid dienone is 4. The molecular weight excluding hydrogens is 376 g/mol. The maximum atomic E-state index is 6.07. The smallest absolute Gasteiger partial charge is 0.0537 e. The number of hydrogen-bond acceptors (Lipinski definition) is 2. The van der Waals surface area contributed by atoms with Gasteiger partial charge < -0.3 is 10.6 Å². The van der Waals surface area contributed by atoms with E-state index in [1.165, 1.54) is 22.3 Å². The summed E-state index contributed by atoms with van der Waals surface area (Å²) in [6.45, 7) is 11.0. The molecule has 2 aliphatic rings. The van der Waals surface area contributed by atoms with Crippen molar-refractivity contribution < 1.29 is 0 Å². The molecule has 0 aromatic heterocycles. The lowest BCUT2D eigenvalue weighted by Gasteiger charge is -2.28. The Balaban J connectivity index is 1.73. The first-order chi connectivity index (χ1) is 14.9. The minimum atomic E-state index is -0.0469. The van der Waals surface area contributed by atoms with Crippen LogP contribution in [0, 0.1) is 0 Å². The fourth-order valence-corrected chi connectivity index (χ4v) is 4.83. The van der Waals surface area contributed by atoms with Crippen LogP contribution < -0.4 is 10.6 Å². The molecule has 1 aliphatic carbocycles. The Morgan fingerprint density at radius 1 is 0.871 bits per heavy atom. The third-order valence-corrected chi connectivity index (χ3v) is 6.65. The lowest BCUT2D eigenvalue weighted by Crippen LogP contribution is -2.17. The first kappa shape index (κ1) is 19.6. The molecule has 1 atom stereocenters. The van der Waals surface area contributed by atoms with Crippen molar-refractivity contribution in [1.29, 1.82) is 0 Å². The van der Waals surface area contributed by atoms with Crippen molar-refractivity contribution in [3.8, 4) is 11.1 Å². The van der Waals surface area contributed by atoms with Gasteiger partial charge in [-0.05, 0) is 70.7 Å². The van der Waals surface area contributed by atoms with Crippen LogP contribution in [0.15, 0.2) is 91.7 Å². The van der Waals surface area contributed by atoms with E-state index in [4.69, 9.17) is 5.73 Å². The molecule has 2 nitrogen and oxygen atoms in total. The third kappa shape index (κ3) is 3.07. The summed E-state index contributed by atoms with van der Waals surface area (Å²) in [5, 5.41) is 0. The van der Waals surface area contributed by atoms with E-state index in [9.17, 15) is 0 Å². The molecule has 0 amide bonds. The highest BCUT2D eigenvalue weighted by molar-refractivity contribution is 5.92. The standard InChI is InChI=1S/C29H28N2/c1-19-9-7-8-16-31(22-14-12-21(13-15-22)20(2)30)28-18-27-25(17-24(19)28)23-10-5-6-11-26(23)29(27,3)4/h5-18,20H,1,30H2,2-4H3/b9-7-,16-8-. The van der Waals surface area contributed by atoms with Crippen LogP contribution in [0.5, 0.6) is 0 Å². The van der Waals surface area contributed by atoms with Crippen molar-refractivity contribution >= 4 is 16.9 Å². The second kappa shape index (κ2) is 7.11. The molecule has 0 saturated carbocycles. The zero-order valence-corrected chi connectivity index (χ0v) is 18.4. The minimum absolute atomic E-state index is 0.0227. The van der Waals surface area contributed by atoms with Gasteiger partial charge in [0.2, 0.25) is 0 Å². The minimum Gasteiger partial charge on any atom is -0.324 e. The molecule has 5 rings (SSSR count). The summed E-state index contributed by atoms with van der Waals surface area (Å²) in [5.74, 6) is 0. The maximum Gasteiger partial charge on any atom is 0.0537 e. The highest BCUT2D eigenvalue weighted by atomic mass is 15.1. The van der Waals surface area contributed by atoms with Crippen LogP contribution in [0.2, 0.25) is 0 Å². The van der Waals surface area contributed by atoms with Gasteiger partial charge in [0, 0.05) is 28.9 Å². The Bertz CT molecular complexity index is 1240. The Kier molecular flexibility index (Phi) is 4.49. The molecule has 2 heteroatoms. The van der Waals surface area contributed by atoms with Gasteiger partial charge in [0.25, 0.3) is 0 Å². The van der Waals surface area contributed by atoms with E-state index < -0.39 is 0 Å². The fraction of sp³-hybridized carbons (Fsp3) is 0.172. The van der Waals surface area contributed by atoms with E-state index in [0.29, 0.717) is 0 Å². The van der Waals surface area contributed by atoms with Crippen molar-refractivity contribution in [3.05, 3.63) is 114 Å². The number of hydrogen-bond donors (Lipinski definition) is 1.